The van der Waals surface area contributed by atoms with Crippen LogP contribution in [-0.4, -0.2) is 10.2 Å². The highest BCUT2D eigenvalue weighted by Crippen LogP contribution is 2.20. The Morgan fingerprint density at radius 3 is 2.82 bits per heavy atom. The number of aromatic nitrogens is 2. The number of hydrogen-bond donors (Lipinski definition) is 0. The van der Waals surface area contributed by atoms with Crippen molar-refractivity contribution in [2.24, 2.45) is 0 Å². The van der Waals surface area contributed by atoms with Gasteiger partial charge in [0.15, 0.2) is 0 Å². The molecule has 0 aromatic carbocycles. The monoisotopic (exact) mass is 162 g/mol. The largest absolute Gasteiger partial charge is 0.159 e. The van der Waals surface area contributed by atoms with Gasteiger partial charge in [0.25, 0.3) is 0 Å². The molecule has 0 N–H and O–H groups in total. The van der Waals surface area contributed by atoms with Crippen molar-refractivity contribution in [1.82, 2.24) is 10.2 Å². The second-order valence-corrected chi connectivity index (χ2v) is 3.03. The first kappa shape index (κ1) is 6.49. The van der Waals surface area contributed by atoms with Crippen molar-refractivity contribution >= 4 is 11.3 Å². The fraction of sp³-hybridized carbons (Fsp3) is 0. The van der Waals surface area contributed by atoms with Crippen LogP contribution in [0.1, 0.15) is 0 Å². The molecule has 11 heavy (non-hydrogen) atoms. The van der Waals surface area contributed by atoms with Crippen molar-refractivity contribution in [1.29, 1.82) is 0 Å². The Bertz CT molecular complexity index is 315. The fourth-order valence-corrected chi connectivity index (χ4v) is 1.55. The van der Waals surface area contributed by atoms with Gasteiger partial charge in [-0.05, 0) is 23.6 Å². The van der Waals surface area contributed by atoms with Crippen molar-refractivity contribution in [2.45, 2.75) is 0 Å². The average molecular weight is 162 g/mol. The first-order valence-corrected chi connectivity index (χ1v) is 4.16. The maximum atomic E-state index is 3.98. The van der Waals surface area contributed by atoms with Gasteiger partial charge in [0.2, 0.25) is 0 Å². The summed E-state index contributed by atoms with van der Waals surface area (Å²) in [6.07, 6.45) is 1.68. The molecule has 0 bridgehead atoms. The van der Waals surface area contributed by atoms with Gasteiger partial charge in [0.1, 0.15) is 5.69 Å². The van der Waals surface area contributed by atoms with E-state index in [1.807, 2.05) is 29.6 Å². The van der Waals surface area contributed by atoms with E-state index >= 15 is 0 Å². The Morgan fingerprint density at radius 2 is 2.18 bits per heavy atom. The standard InChI is InChI=1S/C8H6N2S/c1-3-7(10-9-5-1)8-4-2-6-11-8/h1-6H. The highest BCUT2D eigenvalue weighted by Gasteiger charge is 1.96. The highest BCUT2D eigenvalue weighted by atomic mass is 32.1. The molecule has 0 aliphatic heterocycles. The topological polar surface area (TPSA) is 25.8 Å². The molecule has 2 nitrogen and oxygen atoms in total. The smallest absolute Gasteiger partial charge is 0.103 e. The predicted octanol–water partition coefficient (Wildman–Crippen LogP) is 2.21. The second-order valence-electron chi connectivity index (χ2n) is 2.09. The maximum absolute atomic E-state index is 3.98. The van der Waals surface area contributed by atoms with E-state index in [1.54, 1.807) is 17.5 Å². The van der Waals surface area contributed by atoms with Gasteiger partial charge in [-0.2, -0.15) is 5.10 Å². The third kappa shape index (κ3) is 1.28. The van der Waals surface area contributed by atoms with Crippen LogP contribution in [0.5, 0.6) is 0 Å². The number of rotatable bonds is 1. The summed E-state index contributed by atoms with van der Waals surface area (Å²) in [5, 5.41) is 9.81. The first-order chi connectivity index (χ1) is 5.47. The van der Waals surface area contributed by atoms with Crippen molar-refractivity contribution in [2.75, 3.05) is 0 Å². The summed E-state index contributed by atoms with van der Waals surface area (Å²) in [5.74, 6) is 0. The molecule has 0 radical (unpaired) electrons. The van der Waals surface area contributed by atoms with E-state index in [2.05, 4.69) is 10.2 Å². The highest BCUT2D eigenvalue weighted by molar-refractivity contribution is 7.13. The minimum Gasteiger partial charge on any atom is -0.159 e. The van der Waals surface area contributed by atoms with Gasteiger partial charge in [-0.1, -0.05) is 6.07 Å². The molecule has 2 aromatic heterocycles. The SMILES string of the molecule is c1cnnc(-c2cccs2)c1. The minimum absolute atomic E-state index is 0.947. The zero-order valence-corrected chi connectivity index (χ0v) is 6.58. The average Bonchev–Trinajstić information content (AvgIpc) is 2.58. The lowest BCUT2D eigenvalue weighted by molar-refractivity contribution is 1.04. The van der Waals surface area contributed by atoms with Gasteiger partial charge in [-0.15, -0.1) is 16.4 Å². The van der Waals surface area contributed by atoms with Crippen molar-refractivity contribution in [3.05, 3.63) is 35.8 Å². The summed E-state index contributed by atoms with van der Waals surface area (Å²) in [7, 11) is 0. The molecular weight excluding hydrogens is 156 g/mol. The lowest BCUT2D eigenvalue weighted by Gasteiger charge is -1.90. The van der Waals surface area contributed by atoms with Crippen molar-refractivity contribution in [3.8, 4) is 10.6 Å². The lowest BCUT2D eigenvalue weighted by Crippen LogP contribution is -1.81. The Labute approximate surface area is 68.5 Å². The van der Waals surface area contributed by atoms with Gasteiger partial charge in [-0.25, -0.2) is 0 Å². The fourth-order valence-electron chi connectivity index (χ4n) is 0.857. The normalized spacial score (nSPS) is 9.82. The van der Waals surface area contributed by atoms with Crippen LogP contribution in [0.3, 0.4) is 0 Å². The van der Waals surface area contributed by atoms with Crippen molar-refractivity contribution in [3.63, 3.8) is 0 Å². The molecule has 2 aromatic rings. The van der Waals surface area contributed by atoms with Gasteiger partial charge in [0, 0.05) is 6.20 Å². The Balaban J connectivity index is 2.46. The van der Waals surface area contributed by atoms with Crippen LogP contribution in [0.25, 0.3) is 10.6 Å². The molecule has 0 spiro atoms. The van der Waals surface area contributed by atoms with Gasteiger partial charge in [-0.3, -0.25) is 0 Å². The number of nitrogens with zero attached hydrogens (tertiary/aromatic N) is 2. The number of thiophene rings is 1. The summed E-state index contributed by atoms with van der Waals surface area (Å²) < 4.78 is 0. The number of hydrogen-bond acceptors (Lipinski definition) is 3. The van der Waals surface area contributed by atoms with E-state index in [1.165, 1.54) is 0 Å². The van der Waals surface area contributed by atoms with E-state index in [0.29, 0.717) is 0 Å². The molecule has 0 amide bonds. The van der Waals surface area contributed by atoms with Crippen LogP contribution in [0.2, 0.25) is 0 Å². The Kier molecular flexibility index (Phi) is 1.65. The second kappa shape index (κ2) is 2.80. The van der Waals surface area contributed by atoms with Gasteiger partial charge >= 0.3 is 0 Å². The quantitative estimate of drug-likeness (QED) is 0.642. The molecule has 2 heterocycles. The maximum Gasteiger partial charge on any atom is 0.103 e. The molecule has 0 saturated carbocycles. The van der Waals surface area contributed by atoms with E-state index in [9.17, 15) is 0 Å². The summed E-state index contributed by atoms with van der Waals surface area (Å²) in [6, 6.07) is 7.89. The van der Waals surface area contributed by atoms with E-state index in [4.69, 9.17) is 0 Å². The van der Waals surface area contributed by atoms with E-state index < -0.39 is 0 Å². The Hall–Kier alpha value is -1.22. The minimum atomic E-state index is 0.947. The molecule has 2 rings (SSSR count). The van der Waals surface area contributed by atoms with Crippen LogP contribution >= 0.6 is 11.3 Å². The van der Waals surface area contributed by atoms with Crippen molar-refractivity contribution < 1.29 is 0 Å². The molecular formula is C8H6N2S. The third-order valence-corrected chi connectivity index (χ3v) is 2.24. The summed E-state index contributed by atoms with van der Waals surface area (Å²) >= 11 is 1.67. The summed E-state index contributed by atoms with van der Waals surface area (Å²) in [6.45, 7) is 0. The molecule has 0 aliphatic carbocycles. The van der Waals surface area contributed by atoms with Crippen LogP contribution in [0.15, 0.2) is 35.8 Å². The predicted molar refractivity (Wildman–Crippen MR) is 45.3 cm³/mol. The first-order valence-electron chi connectivity index (χ1n) is 3.28. The lowest BCUT2D eigenvalue weighted by atomic mass is 10.3. The van der Waals surface area contributed by atoms with Crippen LogP contribution in [0, 0.1) is 0 Å². The zero-order valence-electron chi connectivity index (χ0n) is 5.77. The zero-order chi connectivity index (χ0) is 7.52. The molecule has 0 unspecified atom stereocenters. The van der Waals surface area contributed by atoms with Gasteiger partial charge in [0.05, 0.1) is 4.88 Å². The van der Waals surface area contributed by atoms with Gasteiger partial charge < -0.3 is 0 Å². The van der Waals surface area contributed by atoms with Crippen LogP contribution < -0.4 is 0 Å². The molecule has 0 saturated heterocycles. The van der Waals surface area contributed by atoms with E-state index in [-0.39, 0.29) is 0 Å². The Morgan fingerprint density at radius 1 is 1.18 bits per heavy atom. The molecule has 54 valence electrons. The molecule has 0 fully saturated rings. The van der Waals surface area contributed by atoms with Crippen LogP contribution in [-0.2, 0) is 0 Å². The molecule has 0 aliphatic rings. The van der Waals surface area contributed by atoms with E-state index in [0.717, 1.165) is 10.6 Å². The summed E-state index contributed by atoms with van der Waals surface area (Å²) in [4.78, 5) is 1.16. The third-order valence-electron chi connectivity index (χ3n) is 1.35. The van der Waals surface area contributed by atoms with Crippen LogP contribution in [0.4, 0.5) is 0 Å². The molecule has 0 atom stereocenters. The molecule has 3 heteroatoms. The summed E-state index contributed by atoms with van der Waals surface area (Å²) in [5.41, 5.74) is 0.947.